The monoisotopic (exact) mass is 502 g/mol. The fourth-order valence-corrected chi connectivity index (χ4v) is 3.67. The number of nitrogens with zero attached hydrogens (tertiary/aromatic N) is 4. The molecule has 1 amide bonds. The largest absolute Gasteiger partial charge is 0.451 e. The normalized spacial score (nSPS) is 18.8. The number of rotatable bonds is 5. The highest BCUT2D eigenvalue weighted by atomic mass is 35.5. The summed E-state index contributed by atoms with van der Waals surface area (Å²) in [5.41, 5.74) is 0.241. The van der Waals surface area contributed by atoms with Crippen LogP contribution in [-0.4, -0.2) is 56.1 Å². The van der Waals surface area contributed by atoms with E-state index in [-0.39, 0.29) is 47.9 Å². The average molecular weight is 503 g/mol. The smallest absolute Gasteiger partial charge is 0.444 e. The Morgan fingerprint density at radius 2 is 1.79 bits per heavy atom. The molecule has 0 aliphatic carbocycles. The molecule has 2 atom stereocenters. The Balaban J connectivity index is 1.71. The summed E-state index contributed by atoms with van der Waals surface area (Å²) in [4.78, 5) is 37.1. The van der Waals surface area contributed by atoms with E-state index >= 15 is 0 Å². The van der Waals surface area contributed by atoms with Gasteiger partial charge in [-0.3, -0.25) is 14.7 Å². The number of hydrogen-bond donors (Lipinski definition) is 0. The van der Waals surface area contributed by atoms with Crippen LogP contribution in [0.5, 0.6) is 0 Å². The second-order valence-corrected chi connectivity index (χ2v) is 9.31. The summed E-state index contributed by atoms with van der Waals surface area (Å²) >= 11 is 6.19. The topological polar surface area (TPSA) is 85.3 Å². The van der Waals surface area contributed by atoms with Crippen molar-refractivity contribution in [3.05, 3.63) is 41.1 Å². The molecule has 7 nitrogen and oxygen atoms in total. The molecule has 0 unspecified atom stereocenters. The summed E-state index contributed by atoms with van der Waals surface area (Å²) in [6.45, 7) is 4.81. The lowest BCUT2D eigenvalue weighted by Crippen LogP contribution is -2.43. The Hall–Kier alpha value is -2.82. The number of likely N-dealkylation sites (tertiary alicyclic amines) is 1. The molecule has 0 aromatic carbocycles. The van der Waals surface area contributed by atoms with Crippen molar-refractivity contribution in [2.45, 2.75) is 64.0 Å². The molecule has 0 spiro atoms. The minimum Gasteiger partial charge on any atom is -0.444 e. The highest BCUT2D eigenvalue weighted by Crippen LogP contribution is 2.29. The van der Waals surface area contributed by atoms with Crippen LogP contribution in [0.25, 0.3) is 11.3 Å². The minimum atomic E-state index is -4.66. The van der Waals surface area contributed by atoms with Crippen LogP contribution >= 0.6 is 11.6 Å². The van der Waals surface area contributed by atoms with Crippen molar-refractivity contribution >= 4 is 23.5 Å². The molecule has 12 heteroatoms. The minimum absolute atomic E-state index is 0.0383. The number of carbonyl (C=O) groups excluding carboxylic acids is 2. The number of ether oxygens (including phenoxy) is 1. The van der Waals surface area contributed by atoms with Crippen LogP contribution in [0.1, 0.15) is 45.0 Å². The third kappa shape index (κ3) is 6.40. The lowest BCUT2D eigenvalue weighted by molar-refractivity contribution is -0.145. The molecule has 0 saturated carbocycles. The van der Waals surface area contributed by atoms with Crippen LogP contribution < -0.4 is 0 Å². The quantitative estimate of drug-likeness (QED) is 0.531. The molecule has 3 rings (SSSR count). The summed E-state index contributed by atoms with van der Waals surface area (Å²) in [6.07, 6.45) is -3.43. The van der Waals surface area contributed by atoms with E-state index in [1.165, 1.54) is 12.3 Å². The number of alkyl halides is 4. The molecule has 1 aliphatic rings. The lowest BCUT2D eigenvalue weighted by Gasteiger charge is -2.27. The molecule has 2 aromatic rings. The molecule has 3 heterocycles. The van der Waals surface area contributed by atoms with Crippen molar-refractivity contribution in [3.8, 4) is 11.3 Å². The van der Waals surface area contributed by atoms with Crippen LogP contribution in [-0.2, 0) is 22.1 Å². The summed E-state index contributed by atoms with van der Waals surface area (Å²) in [5.74, 6) is -1.62. The predicted octanol–water partition coefficient (Wildman–Crippen LogP) is 5.06. The fourth-order valence-electron chi connectivity index (χ4n) is 3.47. The van der Waals surface area contributed by atoms with Gasteiger partial charge in [0.15, 0.2) is 5.78 Å². The zero-order valence-electron chi connectivity index (χ0n) is 18.7. The van der Waals surface area contributed by atoms with Crippen molar-refractivity contribution in [1.29, 1.82) is 0 Å². The highest BCUT2D eigenvalue weighted by molar-refractivity contribution is 6.31. The van der Waals surface area contributed by atoms with E-state index in [1.807, 2.05) is 0 Å². The van der Waals surface area contributed by atoms with E-state index in [0.29, 0.717) is 5.56 Å². The number of Topliss-reactive ketones (excluding diaryl/α,β-unsaturated/α-hetero) is 1. The molecule has 1 saturated heterocycles. The average Bonchev–Trinajstić information content (AvgIpc) is 3.13. The number of hydrogen-bond acceptors (Lipinski definition) is 6. The van der Waals surface area contributed by atoms with E-state index in [4.69, 9.17) is 16.3 Å². The molecule has 0 N–H and O–H groups in total. The summed E-state index contributed by atoms with van der Waals surface area (Å²) < 4.78 is 57.4. The number of aromatic nitrogens is 3. The third-order valence-corrected chi connectivity index (χ3v) is 5.37. The number of carbonyl (C=O) groups is 2. The molecule has 1 fully saturated rings. The zero-order chi connectivity index (χ0) is 25.3. The molecular weight excluding hydrogens is 480 g/mol. The van der Waals surface area contributed by atoms with Gasteiger partial charge in [0.2, 0.25) is 5.82 Å². The molecule has 34 heavy (non-hydrogen) atoms. The molecule has 1 aliphatic heterocycles. The number of pyridine rings is 1. The van der Waals surface area contributed by atoms with Crippen molar-refractivity contribution in [3.63, 3.8) is 0 Å². The number of ketones is 1. The maximum atomic E-state index is 14.0. The van der Waals surface area contributed by atoms with E-state index < -0.39 is 35.9 Å². The van der Waals surface area contributed by atoms with Gasteiger partial charge in [-0.25, -0.2) is 19.2 Å². The number of halogens is 5. The second-order valence-electron chi connectivity index (χ2n) is 8.90. The van der Waals surface area contributed by atoms with Crippen LogP contribution in [0.2, 0.25) is 5.02 Å². The van der Waals surface area contributed by atoms with Gasteiger partial charge in [0.1, 0.15) is 11.8 Å². The summed E-state index contributed by atoms with van der Waals surface area (Å²) in [5, 5.41) is 0.253. The van der Waals surface area contributed by atoms with Gasteiger partial charge in [0.25, 0.3) is 0 Å². The van der Waals surface area contributed by atoms with Gasteiger partial charge >= 0.3 is 12.3 Å². The first kappa shape index (κ1) is 25.8. The first-order chi connectivity index (χ1) is 15.7. The van der Waals surface area contributed by atoms with E-state index in [1.54, 1.807) is 20.8 Å². The molecule has 0 bridgehead atoms. The van der Waals surface area contributed by atoms with Crippen LogP contribution in [0.3, 0.4) is 0 Å². The second kappa shape index (κ2) is 9.81. The molecule has 0 radical (unpaired) electrons. The standard InChI is InChI=1S/C22H23ClF4N4O3/c1-21(2,3)34-20(33)31-11-14(24)7-17(31)18(32)5-4-12-6-16(28-10-15(12)23)13-8-29-19(30-9-13)22(25,26)27/h6,8-10,14,17H,4-5,7,11H2,1-3H3/t14-,17+/m1/s1. The zero-order valence-corrected chi connectivity index (χ0v) is 19.5. The van der Waals surface area contributed by atoms with E-state index in [2.05, 4.69) is 15.0 Å². The van der Waals surface area contributed by atoms with Crippen LogP contribution in [0.15, 0.2) is 24.7 Å². The van der Waals surface area contributed by atoms with Gasteiger partial charge in [-0.2, -0.15) is 13.2 Å². The fraction of sp³-hybridized carbons (Fsp3) is 0.500. The first-order valence-corrected chi connectivity index (χ1v) is 10.8. The maximum Gasteiger partial charge on any atom is 0.451 e. The molecule has 2 aromatic heterocycles. The van der Waals surface area contributed by atoms with Gasteiger partial charge in [-0.15, -0.1) is 0 Å². The Morgan fingerprint density at radius 3 is 2.38 bits per heavy atom. The van der Waals surface area contributed by atoms with E-state index in [9.17, 15) is 27.2 Å². The van der Waals surface area contributed by atoms with Gasteiger partial charge in [-0.05, 0) is 38.8 Å². The summed E-state index contributed by atoms with van der Waals surface area (Å²) in [7, 11) is 0. The Labute approximate surface area is 198 Å². The van der Waals surface area contributed by atoms with Gasteiger partial charge in [0.05, 0.1) is 23.3 Å². The van der Waals surface area contributed by atoms with Crippen molar-refractivity contribution in [1.82, 2.24) is 19.9 Å². The Kier molecular flexibility index (Phi) is 7.44. The first-order valence-electron chi connectivity index (χ1n) is 10.4. The van der Waals surface area contributed by atoms with Gasteiger partial charge < -0.3 is 4.74 Å². The van der Waals surface area contributed by atoms with Gasteiger partial charge in [0, 0.05) is 37.0 Å². The highest BCUT2D eigenvalue weighted by Gasteiger charge is 2.41. The number of amides is 1. The van der Waals surface area contributed by atoms with Crippen molar-refractivity contribution < 1.29 is 31.9 Å². The molecular formula is C22H23ClF4N4O3. The van der Waals surface area contributed by atoms with Crippen molar-refractivity contribution in [2.75, 3.05) is 6.54 Å². The SMILES string of the molecule is CC(C)(C)OC(=O)N1C[C@H](F)C[C@H]1C(=O)CCc1cc(-c2cnc(C(F)(F)F)nc2)ncc1Cl. The predicted molar refractivity (Wildman–Crippen MR) is 115 cm³/mol. The summed E-state index contributed by atoms with van der Waals surface area (Å²) in [6, 6.07) is 0.577. The lowest BCUT2D eigenvalue weighted by atomic mass is 10.0. The van der Waals surface area contributed by atoms with E-state index in [0.717, 1.165) is 17.3 Å². The maximum absolute atomic E-state index is 14.0. The van der Waals surface area contributed by atoms with Crippen LogP contribution in [0, 0.1) is 0 Å². The Morgan fingerprint density at radius 1 is 1.15 bits per heavy atom. The third-order valence-electron chi connectivity index (χ3n) is 5.03. The Bertz CT molecular complexity index is 1060. The van der Waals surface area contributed by atoms with Crippen molar-refractivity contribution in [2.24, 2.45) is 0 Å². The number of aryl methyl sites for hydroxylation is 1. The molecule has 184 valence electrons. The van der Waals surface area contributed by atoms with Crippen LogP contribution in [0.4, 0.5) is 22.4 Å². The van der Waals surface area contributed by atoms with Gasteiger partial charge in [-0.1, -0.05) is 11.6 Å².